The van der Waals surface area contributed by atoms with Crippen LogP contribution in [-0.2, 0) is 11.2 Å². The molecule has 0 bridgehead atoms. The van der Waals surface area contributed by atoms with Crippen LogP contribution in [0.3, 0.4) is 0 Å². The van der Waals surface area contributed by atoms with Crippen LogP contribution in [0.25, 0.3) is 0 Å². The van der Waals surface area contributed by atoms with Crippen LogP contribution in [0.4, 0.5) is 0 Å². The first-order chi connectivity index (χ1) is 12.6. The molecule has 1 saturated carbocycles. The van der Waals surface area contributed by atoms with E-state index in [0.717, 1.165) is 18.6 Å². The van der Waals surface area contributed by atoms with Gasteiger partial charge in [-0.05, 0) is 49.9 Å². The molecule has 1 aliphatic carbocycles. The highest BCUT2D eigenvalue weighted by Gasteiger charge is 2.45. The normalized spacial score (nSPS) is 22.5. The lowest BCUT2D eigenvalue weighted by atomic mass is 9.98. The Bertz CT molecular complexity index is 543. The fourth-order valence-electron chi connectivity index (χ4n) is 3.91. The summed E-state index contributed by atoms with van der Waals surface area (Å²) in [4.78, 5) is 11.6. The summed E-state index contributed by atoms with van der Waals surface area (Å²) in [6.45, 7) is 4.85. The third-order valence-electron chi connectivity index (χ3n) is 5.44. The van der Waals surface area contributed by atoms with E-state index in [-0.39, 0.29) is 6.10 Å². The minimum absolute atomic E-state index is 0.0328. The zero-order chi connectivity index (χ0) is 18.8. The number of likely N-dealkylation sites (N-methyl/N-ethyl adjacent to an activating group) is 1. The second-order valence-electron chi connectivity index (χ2n) is 7.56. The van der Waals surface area contributed by atoms with Crippen LogP contribution >= 0.6 is 0 Å². The Kier molecular flexibility index (Phi) is 8.43. The number of benzene rings is 1. The second kappa shape index (κ2) is 10.6. The van der Waals surface area contributed by atoms with Crippen LogP contribution < -0.4 is 10.1 Å². The molecule has 1 aromatic rings. The van der Waals surface area contributed by atoms with E-state index in [2.05, 4.69) is 24.4 Å². The van der Waals surface area contributed by atoms with E-state index in [1.807, 2.05) is 19.1 Å². The monoisotopic (exact) mass is 361 g/mol. The van der Waals surface area contributed by atoms with Crippen LogP contribution in [-0.4, -0.2) is 29.3 Å². The molecule has 0 saturated heterocycles. The summed E-state index contributed by atoms with van der Waals surface area (Å²) in [5, 5.41) is 12.7. The smallest absolute Gasteiger partial charge is 0.324 e. The number of rotatable bonds is 12. The highest BCUT2D eigenvalue weighted by atomic mass is 16.5. The molecule has 2 unspecified atom stereocenters. The van der Waals surface area contributed by atoms with Crippen molar-refractivity contribution < 1.29 is 14.6 Å². The Hall–Kier alpha value is -1.55. The molecule has 2 atom stereocenters. The molecular formula is C22H35NO3. The lowest BCUT2D eigenvalue weighted by molar-refractivity contribution is -0.144. The van der Waals surface area contributed by atoms with Gasteiger partial charge in [0, 0.05) is 6.42 Å². The quantitative estimate of drug-likeness (QED) is 0.517. The minimum Gasteiger partial charge on any atom is -0.490 e. The molecule has 1 aromatic carbocycles. The fraction of sp³-hybridized carbons (Fsp3) is 0.682. The number of unbranched alkanes of at least 4 members (excludes halogenated alkanes) is 5. The van der Waals surface area contributed by atoms with Gasteiger partial charge in [-0.15, -0.1) is 0 Å². The lowest BCUT2D eigenvalue weighted by Gasteiger charge is -2.25. The van der Waals surface area contributed by atoms with Gasteiger partial charge in [0.1, 0.15) is 17.4 Å². The zero-order valence-corrected chi connectivity index (χ0v) is 16.4. The highest BCUT2D eigenvalue weighted by Crippen LogP contribution is 2.33. The first-order valence-electron chi connectivity index (χ1n) is 10.3. The number of aryl methyl sites for hydroxylation is 1. The SMILES string of the molecule is CCCCCCCCc1ccc(OC2CCC(NCC)(C(=O)O)C2)cc1. The summed E-state index contributed by atoms with van der Waals surface area (Å²) < 4.78 is 6.05. The van der Waals surface area contributed by atoms with Gasteiger partial charge in [0.2, 0.25) is 0 Å². The molecule has 1 aliphatic rings. The van der Waals surface area contributed by atoms with E-state index in [1.54, 1.807) is 0 Å². The largest absolute Gasteiger partial charge is 0.490 e. The van der Waals surface area contributed by atoms with Crippen molar-refractivity contribution in [1.29, 1.82) is 0 Å². The summed E-state index contributed by atoms with van der Waals surface area (Å²) >= 11 is 0. The molecule has 2 rings (SSSR count). The summed E-state index contributed by atoms with van der Waals surface area (Å²) in [6.07, 6.45) is 10.9. The molecule has 0 heterocycles. The Balaban J connectivity index is 1.76. The Labute approximate surface area is 158 Å². The maximum absolute atomic E-state index is 11.6. The van der Waals surface area contributed by atoms with E-state index in [1.165, 1.54) is 44.1 Å². The van der Waals surface area contributed by atoms with Crippen molar-refractivity contribution in [1.82, 2.24) is 5.32 Å². The molecule has 4 heteroatoms. The average Bonchev–Trinajstić information content (AvgIpc) is 3.04. The molecule has 1 fully saturated rings. The van der Waals surface area contributed by atoms with Gasteiger partial charge in [0.05, 0.1) is 0 Å². The third kappa shape index (κ3) is 6.01. The predicted octanol–water partition coefficient (Wildman–Crippen LogP) is 4.95. The molecule has 0 radical (unpaired) electrons. The van der Waals surface area contributed by atoms with Crippen molar-refractivity contribution in [3.63, 3.8) is 0 Å². The second-order valence-corrected chi connectivity index (χ2v) is 7.56. The van der Waals surface area contributed by atoms with Crippen molar-refractivity contribution in [3.05, 3.63) is 29.8 Å². The number of hydrogen-bond donors (Lipinski definition) is 2. The molecule has 0 aliphatic heterocycles. The number of aliphatic carboxylic acids is 1. The fourth-order valence-corrected chi connectivity index (χ4v) is 3.91. The molecule has 0 amide bonds. The number of ether oxygens (including phenoxy) is 1. The van der Waals surface area contributed by atoms with Gasteiger partial charge in [0.25, 0.3) is 0 Å². The van der Waals surface area contributed by atoms with Crippen molar-refractivity contribution in [2.45, 2.75) is 89.7 Å². The Morgan fingerprint density at radius 3 is 2.50 bits per heavy atom. The number of carboxylic acid groups (broad SMARTS) is 1. The number of nitrogens with one attached hydrogen (secondary N) is 1. The summed E-state index contributed by atoms with van der Waals surface area (Å²) in [5.41, 5.74) is 0.531. The minimum atomic E-state index is -0.822. The first kappa shape index (κ1) is 20.8. The molecule has 0 aromatic heterocycles. The molecular weight excluding hydrogens is 326 g/mol. The lowest BCUT2D eigenvalue weighted by Crippen LogP contribution is -2.50. The van der Waals surface area contributed by atoms with Gasteiger partial charge in [-0.2, -0.15) is 0 Å². The number of carbonyl (C=O) groups is 1. The van der Waals surface area contributed by atoms with Gasteiger partial charge < -0.3 is 15.2 Å². The van der Waals surface area contributed by atoms with Crippen molar-refractivity contribution in [3.8, 4) is 5.75 Å². The first-order valence-corrected chi connectivity index (χ1v) is 10.3. The maximum Gasteiger partial charge on any atom is 0.324 e. The van der Waals surface area contributed by atoms with Gasteiger partial charge in [0.15, 0.2) is 0 Å². The van der Waals surface area contributed by atoms with Crippen LogP contribution in [0, 0.1) is 0 Å². The summed E-state index contributed by atoms with van der Waals surface area (Å²) in [6, 6.07) is 8.34. The van der Waals surface area contributed by atoms with E-state index in [4.69, 9.17) is 4.74 Å². The Morgan fingerprint density at radius 1 is 1.15 bits per heavy atom. The average molecular weight is 362 g/mol. The molecule has 2 N–H and O–H groups in total. The molecule has 146 valence electrons. The van der Waals surface area contributed by atoms with Crippen LogP contribution in [0.1, 0.15) is 77.2 Å². The zero-order valence-electron chi connectivity index (χ0n) is 16.4. The van der Waals surface area contributed by atoms with Gasteiger partial charge in [-0.1, -0.05) is 58.1 Å². The molecule has 4 nitrogen and oxygen atoms in total. The third-order valence-corrected chi connectivity index (χ3v) is 5.44. The van der Waals surface area contributed by atoms with Crippen molar-refractivity contribution in [2.24, 2.45) is 0 Å². The van der Waals surface area contributed by atoms with Gasteiger partial charge in [-0.25, -0.2) is 0 Å². The molecule has 0 spiro atoms. The maximum atomic E-state index is 11.6. The van der Waals surface area contributed by atoms with Crippen LogP contribution in [0.15, 0.2) is 24.3 Å². The summed E-state index contributed by atoms with van der Waals surface area (Å²) in [7, 11) is 0. The number of hydrogen-bond acceptors (Lipinski definition) is 3. The van der Waals surface area contributed by atoms with Gasteiger partial charge in [-0.3, -0.25) is 4.79 Å². The van der Waals surface area contributed by atoms with Crippen molar-refractivity contribution in [2.75, 3.05) is 6.54 Å². The van der Waals surface area contributed by atoms with E-state index in [9.17, 15) is 9.90 Å². The topological polar surface area (TPSA) is 58.6 Å². The number of carboxylic acids is 1. The highest BCUT2D eigenvalue weighted by molar-refractivity contribution is 5.79. The van der Waals surface area contributed by atoms with Crippen LogP contribution in [0.2, 0.25) is 0 Å². The molecule has 26 heavy (non-hydrogen) atoms. The Morgan fingerprint density at radius 2 is 1.85 bits per heavy atom. The van der Waals surface area contributed by atoms with Gasteiger partial charge >= 0.3 is 5.97 Å². The standard InChI is InChI=1S/C22H35NO3/c1-3-5-6-7-8-9-10-18-11-13-19(14-12-18)26-20-15-16-22(17-20,21(24)25)23-4-2/h11-14,20,23H,3-10,15-17H2,1-2H3,(H,24,25). The van der Waals surface area contributed by atoms with E-state index < -0.39 is 11.5 Å². The van der Waals surface area contributed by atoms with E-state index >= 15 is 0 Å². The predicted molar refractivity (Wildman–Crippen MR) is 106 cm³/mol. The summed E-state index contributed by atoms with van der Waals surface area (Å²) in [5.74, 6) is 0.0825. The van der Waals surface area contributed by atoms with E-state index in [0.29, 0.717) is 19.4 Å². The van der Waals surface area contributed by atoms with Crippen molar-refractivity contribution >= 4 is 5.97 Å². The van der Waals surface area contributed by atoms with Crippen LogP contribution in [0.5, 0.6) is 5.75 Å².